The third-order valence-electron chi connectivity index (χ3n) is 4.53. The van der Waals surface area contributed by atoms with Crippen LogP contribution in [0.4, 0.5) is 0 Å². The predicted molar refractivity (Wildman–Crippen MR) is 91.7 cm³/mol. The van der Waals surface area contributed by atoms with E-state index < -0.39 is 0 Å². The topological polar surface area (TPSA) is 71.8 Å². The van der Waals surface area contributed by atoms with Crippen molar-refractivity contribution in [3.63, 3.8) is 0 Å². The molecule has 1 saturated carbocycles. The minimum atomic E-state index is -0.199. The molecule has 2 heterocycles. The van der Waals surface area contributed by atoms with E-state index in [0.717, 1.165) is 50.3 Å². The lowest BCUT2D eigenvalue weighted by Gasteiger charge is -2.22. The Morgan fingerprint density at radius 2 is 1.96 bits per heavy atom. The largest absolute Gasteiger partial charge is 0.346 e. The summed E-state index contributed by atoms with van der Waals surface area (Å²) in [6, 6.07) is 7.70. The number of piperidine rings is 1. The van der Waals surface area contributed by atoms with Crippen LogP contribution in [0.3, 0.4) is 0 Å². The number of carbonyl (C=O) groups excluding carboxylic acids is 1. The molecule has 2 aromatic rings. The zero-order valence-electron chi connectivity index (χ0n) is 13.3. The number of halogens is 1. The van der Waals surface area contributed by atoms with Crippen LogP contribution in [0.1, 0.15) is 48.0 Å². The van der Waals surface area contributed by atoms with Gasteiger partial charge in [-0.05, 0) is 50.9 Å². The second-order valence-corrected chi connectivity index (χ2v) is 6.84. The summed E-state index contributed by atoms with van der Waals surface area (Å²) in [6.07, 6.45) is 4.04. The summed E-state index contributed by atoms with van der Waals surface area (Å²) in [4.78, 5) is 17.1. The van der Waals surface area contributed by atoms with Crippen LogP contribution in [0.25, 0.3) is 5.69 Å². The molecule has 0 radical (unpaired) electrons. The molecule has 0 atom stereocenters. The lowest BCUT2D eigenvalue weighted by molar-refractivity contribution is 0.0919. The number of amides is 1. The number of rotatable bonds is 4. The maximum absolute atomic E-state index is 12.5. The van der Waals surface area contributed by atoms with Crippen molar-refractivity contribution in [1.29, 1.82) is 0 Å². The van der Waals surface area contributed by atoms with Gasteiger partial charge in [0.05, 0.1) is 10.7 Å². The molecule has 1 aliphatic heterocycles. The van der Waals surface area contributed by atoms with Gasteiger partial charge in [-0.25, -0.2) is 9.67 Å². The molecular formula is C17H20ClN5O. The summed E-state index contributed by atoms with van der Waals surface area (Å²) >= 11 is 6.30. The van der Waals surface area contributed by atoms with Crippen molar-refractivity contribution < 1.29 is 4.79 Å². The monoisotopic (exact) mass is 345 g/mol. The molecule has 7 heteroatoms. The van der Waals surface area contributed by atoms with Crippen LogP contribution >= 0.6 is 11.6 Å². The van der Waals surface area contributed by atoms with Crippen LogP contribution in [-0.4, -0.2) is 39.8 Å². The second-order valence-electron chi connectivity index (χ2n) is 6.43. The highest BCUT2D eigenvalue weighted by Crippen LogP contribution is 2.40. The molecule has 0 unspecified atom stereocenters. The summed E-state index contributed by atoms with van der Waals surface area (Å²) in [5, 5.41) is 11.4. The Balaban J connectivity index is 1.61. The molecule has 0 bridgehead atoms. The molecule has 2 fully saturated rings. The van der Waals surface area contributed by atoms with Gasteiger partial charge in [0.1, 0.15) is 5.82 Å². The van der Waals surface area contributed by atoms with E-state index in [-0.39, 0.29) is 17.8 Å². The van der Waals surface area contributed by atoms with Crippen molar-refractivity contribution in [2.45, 2.75) is 37.6 Å². The SMILES string of the molecule is O=C(NC1CCNCC1)c1nc(C2CC2)n(-c2ccccc2Cl)n1. The molecule has 6 nitrogen and oxygen atoms in total. The van der Waals surface area contributed by atoms with Crippen molar-refractivity contribution in [2.75, 3.05) is 13.1 Å². The number of nitrogens with one attached hydrogen (secondary N) is 2. The predicted octanol–water partition coefficient (Wildman–Crippen LogP) is 2.28. The number of hydrogen-bond acceptors (Lipinski definition) is 4. The van der Waals surface area contributed by atoms with E-state index >= 15 is 0 Å². The fourth-order valence-electron chi connectivity index (χ4n) is 3.04. The summed E-state index contributed by atoms with van der Waals surface area (Å²) in [6.45, 7) is 1.86. The minimum Gasteiger partial charge on any atom is -0.346 e. The molecule has 1 amide bonds. The van der Waals surface area contributed by atoms with Gasteiger partial charge in [0, 0.05) is 12.0 Å². The Bertz CT molecular complexity index is 749. The highest BCUT2D eigenvalue weighted by atomic mass is 35.5. The number of carbonyl (C=O) groups is 1. The van der Waals surface area contributed by atoms with E-state index in [9.17, 15) is 4.79 Å². The molecule has 1 aromatic heterocycles. The molecule has 0 spiro atoms. The van der Waals surface area contributed by atoms with Gasteiger partial charge in [0.25, 0.3) is 5.91 Å². The fourth-order valence-corrected chi connectivity index (χ4v) is 3.26. The second kappa shape index (κ2) is 6.53. The maximum Gasteiger partial charge on any atom is 0.291 e. The van der Waals surface area contributed by atoms with Gasteiger partial charge in [-0.2, -0.15) is 0 Å². The fraction of sp³-hybridized carbons (Fsp3) is 0.471. The van der Waals surface area contributed by atoms with Crippen molar-refractivity contribution in [2.24, 2.45) is 0 Å². The molecule has 24 heavy (non-hydrogen) atoms. The summed E-state index contributed by atoms with van der Waals surface area (Å²) in [5.74, 6) is 1.23. The summed E-state index contributed by atoms with van der Waals surface area (Å²) in [5.41, 5.74) is 0.773. The highest BCUT2D eigenvalue weighted by Gasteiger charge is 2.32. The van der Waals surface area contributed by atoms with Crippen molar-refractivity contribution in [3.05, 3.63) is 40.9 Å². The molecule has 4 rings (SSSR count). The van der Waals surface area contributed by atoms with E-state index in [0.29, 0.717) is 10.9 Å². The van der Waals surface area contributed by atoms with Crippen molar-refractivity contribution >= 4 is 17.5 Å². The Hall–Kier alpha value is -1.92. The standard InChI is InChI=1S/C17H20ClN5O/c18-13-3-1-2-4-14(13)23-16(11-5-6-11)21-15(22-23)17(24)20-12-7-9-19-10-8-12/h1-4,11-12,19H,5-10H2,(H,20,24). The van der Waals surface area contributed by atoms with E-state index in [4.69, 9.17) is 11.6 Å². The van der Waals surface area contributed by atoms with Crippen LogP contribution in [0.15, 0.2) is 24.3 Å². The maximum atomic E-state index is 12.5. The summed E-state index contributed by atoms with van der Waals surface area (Å²) in [7, 11) is 0. The van der Waals surface area contributed by atoms with E-state index in [1.807, 2.05) is 24.3 Å². The average Bonchev–Trinajstić information content (AvgIpc) is 3.35. The molecule has 1 saturated heterocycles. The molecular weight excluding hydrogens is 326 g/mol. The van der Waals surface area contributed by atoms with Gasteiger partial charge in [-0.1, -0.05) is 23.7 Å². The Labute approximate surface area is 145 Å². The van der Waals surface area contributed by atoms with Crippen LogP contribution in [0, 0.1) is 0 Å². The zero-order valence-corrected chi connectivity index (χ0v) is 14.1. The molecule has 126 valence electrons. The van der Waals surface area contributed by atoms with E-state index in [1.54, 1.807) is 4.68 Å². The number of aromatic nitrogens is 3. The molecule has 2 aliphatic rings. The van der Waals surface area contributed by atoms with Gasteiger partial charge in [0.2, 0.25) is 5.82 Å². The lowest BCUT2D eigenvalue weighted by atomic mass is 10.1. The third kappa shape index (κ3) is 3.16. The van der Waals surface area contributed by atoms with Gasteiger partial charge >= 0.3 is 0 Å². The Morgan fingerprint density at radius 3 is 2.67 bits per heavy atom. The summed E-state index contributed by atoms with van der Waals surface area (Å²) < 4.78 is 1.73. The quantitative estimate of drug-likeness (QED) is 0.891. The lowest BCUT2D eigenvalue weighted by Crippen LogP contribution is -2.43. The minimum absolute atomic E-state index is 0.190. The first-order valence-corrected chi connectivity index (χ1v) is 8.83. The first-order valence-electron chi connectivity index (χ1n) is 8.46. The number of hydrogen-bond donors (Lipinski definition) is 2. The van der Waals surface area contributed by atoms with Crippen LogP contribution in [0.2, 0.25) is 5.02 Å². The normalized spacial score (nSPS) is 18.5. The smallest absolute Gasteiger partial charge is 0.291 e. The van der Waals surface area contributed by atoms with E-state index in [1.165, 1.54) is 0 Å². The first kappa shape index (κ1) is 15.6. The van der Waals surface area contributed by atoms with Crippen LogP contribution in [0.5, 0.6) is 0 Å². The van der Waals surface area contributed by atoms with E-state index in [2.05, 4.69) is 20.7 Å². The Morgan fingerprint density at radius 1 is 1.21 bits per heavy atom. The number of nitrogens with zero attached hydrogens (tertiary/aromatic N) is 3. The van der Waals surface area contributed by atoms with Gasteiger partial charge in [0.15, 0.2) is 0 Å². The van der Waals surface area contributed by atoms with Gasteiger partial charge < -0.3 is 10.6 Å². The number of benzene rings is 1. The van der Waals surface area contributed by atoms with Gasteiger partial charge in [-0.3, -0.25) is 4.79 Å². The number of para-hydroxylation sites is 1. The molecule has 2 N–H and O–H groups in total. The van der Waals surface area contributed by atoms with Crippen LogP contribution in [-0.2, 0) is 0 Å². The third-order valence-corrected chi connectivity index (χ3v) is 4.85. The molecule has 1 aromatic carbocycles. The van der Waals surface area contributed by atoms with Gasteiger partial charge in [-0.15, -0.1) is 5.10 Å². The average molecular weight is 346 g/mol. The van der Waals surface area contributed by atoms with Crippen molar-refractivity contribution in [1.82, 2.24) is 25.4 Å². The van der Waals surface area contributed by atoms with Crippen LogP contribution < -0.4 is 10.6 Å². The molecule has 1 aliphatic carbocycles. The first-order chi connectivity index (χ1) is 11.7. The highest BCUT2D eigenvalue weighted by molar-refractivity contribution is 6.32. The van der Waals surface area contributed by atoms with Crippen molar-refractivity contribution in [3.8, 4) is 5.69 Å². The Kier molecular flexibility index (Phi) is 4.24. The zero-order chi connectivity index (χ0) is 16.5.